The summed E-state index contributed by atoms with van der Waals surface area (Å²) in [6, 6.07) is 10.8. The molecule has 0 aliphatic heterocycles. The lowest BCUT2D eigenvalue weighted by Crippen LogP contribution is -2.21. The quantitative estimate of drug-likeness (QED) is 0.710. The number of Topliss-reactive ketones (excluding diaryl/α,β-unsaturated/α-hetero) is 1. The molecule has 0 atom stereocenters. The highest BCUT2D eigenvalue weighted by Gasteiger charge is 2.55. The number of nitrogens with zero attached hydrogens (tertiary/aromatic N) is 3. The molecule has 1 aliphatic carbocycles. The zero-order valence-corrected chi connectivity index (χ0v) is 14.4. The number of hydrogen-bond donors (Lipinski definition) is 1. The Morgan fingerprint density at radius 1 is 1.23 bits per heavy atom. The van der Waals surface area contributed by atoms with Crippen molar-refractivity contribution in [3.63, 3.8) is 0 Å². The van der Waals surface area contributed by atoms with E-state index in [1.165, 1.54) is 14.0 Å². The van der Waals surface area contributed by atoms with Crippen molar-refractivity contribution in [2.75, 3.05) is 7.11 Å². The van der Waals surface area contributed by atoms with Gasteiger partial charge in [0.2, 0.25) is 0 Å². The molecular formula is C19H17N3O4. The van der Waals surface area contributed by atoms with Gasteiger partial charge in [-0.1, -0.05) is 18.2 Å². The second-order valence-corrected chi connectivity index (χ2v) is 6.48. The van der Waals surface area contributed by atoms with Crippen molar-refractivity contribution in [2.24, 2.45) is 0 Å². The van der Waals surface area contributed by atoms with Crippen LogP contribution in [0.3, 0.4) is 0 Å². The average Bonchev–Trinajstić information content (AvgIpc) is 3.34. The molecule has 26 heavy (non-hydrogen) atoms. The lowest BCUT2D eigenvalue weighted by atomic mass is 10.1. The Morgan fingerprint density at radius 3 is 2.62 bits per heavy atom. The lowest BCUT2D eigenvalue weighted by Gasteiger charge is -2.08. The van der Waals surface area contributed by atoms with Crippen molar-refractivity contribution in [3.05, 3.63) is 47.8 Å². The number of aliphatic carboxylic acids is 1. The first-order valence-corrected chi connectivity index (χ1v) is 8.25. The van der Waals surface area contributed by atoms with E-state index in [1.807, 2.05) is 12.1 Å². The predicted molar refractivity (Wildman–Crippen MR) is 93.5 cm³/mol. The second-order valence-electron chi connectivity index (χ2n) is 6.48. The van der Waals surface area contributed by atoms with Gasteiger partial charge in [-0.25, -0.2) is 9.50 Å². The van der Waals surface area contributed by atoms with Gasteiger partial charge in [0, 0.05) is 11.1 Å². The summed E-state index contributed by atoms with van der Waals surface area (Å²) in [4.78, 5) is 27.8. The summed E-state index contributed by atoms with van der Waals surface area (Å²) in [6.45, 7) is 1.51. The monoisotopic (exact) mass is 351 g/mol. The minimum absolute atomic E-state index is 0.0290. The number of rotatable bonds is 5. The molecule has 0 bridgehead atoms. The van der Waals surface area contributed by atoms with Crippen LogP contribution in [0.1, 0.15) is 35.9 Å². The van der Waals surface area contributed by atoms with Crippen LogP contribution in [0.15, 0.2) is 36.4 Å². The Labute approximate surface area is 149 Å². The molecule has 1 N–H and O–H groups in total. The molecule has 1 aliphatic rings. The van der Waals surface area contributed by atoms with Crippen LogP contribution in [0.5, 0.6) is 5.75 Å². The van der Waals surface area contributed by atoms with Gasteiger partial charge in [-0.15, -0.1) is 5.10 Å². The highest BCUT2D eigenvalue weighted by molar-refractivity contribution is 5.95. The van der Waals surface area contributed by atoms with Gasteiger partial charge in [0.25, 0.3) is 0 Å². The van der Waals surface area contributed by atoms with Crippen molar-refractivity contribution >= 4 is 17.4 Å². The summed E-state index contributed by atoms with van der Waals surface area (Å²) in [7, 11) is 1.53. The Kier molecular flexibility index (Phi) is 3.54. The van der Waals surface area contributed by atoms with Gasteiger partial charge in [-0.3, -0.25) is 9.59 Å². The van der Waals surface area contributed by atoms with Crippen LogP contribution < -0.4 is 4.74 Å². The van der Waals surface area contributed by atoms with Crippen molar-refractivity contribution in [2.45, 2.75) is 25.2 Å². The van der Waals surface area contributed by atoms with Crippen molar-refractivity contribution in [1.29, 1.82) is 0 Å². The number of ether oxygens (including phenoxy) is 1. The van der Waals surface area contributed by atoms with E-state index in [0.717, 1.165) is 5.56 Å². The predicted octanol–water partition coefficient (Wildman–Crippen LogP) is 2.72. The van der Waals surface area contributed by atoms with Gasteiger partial charge in [-0.05, 0) is 38.0 Å². The SMILES string of the molecule is COc1ccc(-c2cccc(C(C)=O)c2)n2nc(C3(C(=O)O)CC3)nc12. The fourth-order valence-corrected chi connectivity index (χ4v) is 3.08. The largest absolute Gasteiger partial charge is 0.493 e. The molecule has 1 aromatic carbocycles. The number of fused-ring (bicyclic) bond motifs is 1. The third-order valence-electron chi connectivity index (χ3n) is 4.82. The fourth-order valence-electron chi connectivity index (χ4n) is 3.08. The Bertz CT molecular complexity index is 1050. The van der Waals surface area contributed by atoms with E-state index in [0.29, 0.717) is 41.3 Å². The first kappa shape index (κ1) is 16.3. The van der Waals surface area contributed by atoms with Gasteiger partial charge >= 0.3 is 5.97 Å². The molecule has 0 radical (unpaired) electrons. The molecular weight excluding hydrogens is 334 g/mol. The van der Waals surface area contributed by atoms with Crippen LogP contribution in [0.25, 0.3) is 16.9 Å². The van der Waals surface area contributed by atoms with E-state index in [9.17, 15) is 14.7 Å². The molecule has 7 heteroatoms. The Hall–Kier alpha value is -3.22. The summed E-state index contributed by atoms with van der Waals surface area (Å²) in [6.07, 6.45) is 1.05. The molecule has 2 aromatic heterocycles. The summed E-state index contributed by atoms with van der Waals surface area (Å²) < 4.78 is 6.96. The summed E-state index contributed by atoms with van der Waals surface area (Å²) in [5.41, 5.74) is 1.55. The number of pyridine rings is 1. The van der Waals surface area contributed by atoms with E-state index in [4.69, 9.17) is 4.74 Å². The molecule has 0 unspecified atom stereocenters. The minimum Gasteiger partial charge on any atom is -0.493 e. The van der Waals surface area contributed by atoms with Crippen molar-refractivity contribution in [1.82, 2.24) is 14.6 Å². The normalized spacial score (nSPS) is 15.0. The first-order valence-electron chi connectivity index (χ1n) is 8.25. The molecule has 2 heterocycles. The zero-order chi connectivity index (χ0) is 18.5. The summed E-state index contributed by atoms with van der Waals surface area (Å²) >= 11 is 0. The third kappa shape index (κ3) is 2.35. The topological polar surface area (TPSA) is 93.8 Å². The number of carboxylic acids is 1. The molecule has 4 rings (SSSR count). The number of aromatic nitrogens is 3. The number of benzene rings is 1. The van der Waals surface area contributed by atoms with E-state index in [2.05, 4.69) is 10.1 Å². The van der Waals surface area contributed by atoms with E-state index in [-0.39, 0.29) is 5.78 Å². The maximum Gasteiger partial charge on any atom is 0.317 e. The van der Waals surface area contributed by atoms with Crippen molar-refractivity contribution < 1.29 is 19.4 Å². The zero-order valence-electron chi connectivity index (χ0n) is 14.4. The minimum atomic E-state index is -1.00. The molecule has 0 saturated heterocycles. The van der Waals surface area contributed by atoms with Gasteiger partial charge in [-0.2, -0.15) is 0 Å². The number of carbonyl (C=O) groups is 2. The maximum atomic E-state index is 11.7. The highest BCUT2D eigenvalue weighted by Crippen LogP contribution is 2.47. The number of methoxy groups -OCH3 is 1. The van der Waals surface area contributed by atoms with Crippen molar-refractivity contribution in [3.8, 4) is 17.0 Å². The number of carbonyl (C=O) groups excluding carboxylic acids is 1. The molecule has 3 aromatic rings. The fraction of sp³-hybridized carbons (Fsp3) is 0.263. The highest BCUT2D eigenvalue weighted by atomic mass is 16.5. The van der Waals surface area contributed by atoms with Crippen LogP contribution >= 0.6 is 0 Å². The van der Waals surface area contributed by atoms with Crippen LogP contribution in [0.2, 0.25) is 0 Å². The summed E-state index contributed by atoms with van der Waals surface area (Å²) in [5.74, 6) is -0.138. The number of carboxylic acid groups (broad SMARTS) is 1. The molecule has 132 valence electrons. The third-order valence-corrected chi connectivity index (χ3v) is 4.82. The van der Waals surface area contributed by atoms with Crippen LogP contribution in [-0.4, -0.2) is 38.6 Å². The smallest absolute Gasteiger partial charge is 0.317 e. The van der Waals surface area contributed by atoms with E-state index in [1.54, 1.807) is 28.8 Å². The average molecular weight is 351 g/mol. The van der Waals surface area contributed by atoms with E-state index >= 15 is 0 Å². The second kappa shape index (κ2) is 5.66. The Balaban J connectivity index is 1.94. The maximum absolute atomic E-state index is 11.7. The number of hydrogen-bond acceptors (Lipinski definition) is 5. The van der Waals surface area contributed by atoms with Gasteiger partial charge in [0.05, 0.1) is 12.8 Å². The molecule has 0 spiro atoms. The van der Waals surface area contributed by atoms with Crippen LogP contribution in [0.4, 0.5) is 0 Å². The molecule has 7 nitrogen and oxygen atoms in total. The van der Waals surface area contributed by atoms with Gasteiger partial charge in [0.1, 0.15) is 5.41 Å². The molecule has 0 amide bonds. The van der Waals surface area contributed by atoms with Crippen LogP contribution in [0, 0.1) is 0 Å². The Morgan fingerprint density at radius 2 is 2.00 bits per heavy atom. The first-order chi connectivity index (χ1) is 12.5. The molecule has 1 fully saturated rings. The van der Waals surface area contributed by atoms with Gasteiger partial charge < -0.3 is 9.84 Å². The van der Waals surface area contributed by atoms with Gasteiger partial charge in [0.15, 0.2) is 23.0 Å². The van der Waals surface area contributed by atoms with Crippen LogP contribution in [-0.2, 0) is 10.2 Å². The lowest BCUT2D eigenvalue weighted by molar-refractivity contribution is -0.140. The standard InChI is InChI=1S/C19H17N3O4/c1-11(23)12-4-3-5-13(10-12)14-6-7-15(26-2)16-20-17(21-22(14)16)19(8-9-19)18(24)25/h3-7,10H,8-9H2,1-2H3,(H,24,25). The summed E-state index contributed by atoms with van der Waals surface area (Å²) in [5, 5.41) is 14.0. The molecule has 1 saturated carbocycles. The number of ketones is 1. The van der Waals surface area contributed by atoms with E-state index < -0.39 is 11.4 Å².